The molecule has 0 spiro atoms. The topological polar surface area (TPSA) is 66.8 Å². The predicted molar refractivity (Wildman–Crippen MR) is 48.3 cm³/mol. The van der Waals surface area contributed by atoms with E-state index in [0.717, 1.165) is 0 Å². The number of hydrogen-bond donors (Lipinski definition) is 2. The molecule has 1 aliphatic heterocycles. The van der Waals surface area contributed by atoms with Gasteiger partial charge in [0.15, 0.2) is 0 Å². The molecule has 1 heterocycles. The van der Waals surface area contributed by atoms with Gasteiger partial charge >= 0.3 is 5.97 Å². The second kappa shape index (κ2) is 3.51. The lowest BCUT2D eigenvalue weighted by Gasteiger charge is -2.32. The zero-order chi connectivity index (χ0) is 10.3. The third kappa shape index (κ3) is 1.33. The van der Waals surface area contributed by atoms with E-state index in [0.29, 0.717) is 13.0 Å². The average Bonchev–Trinajstić information content (AvgIpc) is 2.43. The first kappa shape index (κ1) is 9.93. The number of esters is 1. The molecule has 0 aromatic heterocycles. The van der Waals surface area contributed by atoms with Crippen LogP contribution in [0.25, 0.3) is 0 Å². The molecule has 2 fully saturated rings. The molecule has 1 aliphatic carbocycles. The highest BCUT2D eigenvalue weighted by Crippen LogP contribution is 2.44. The maximum atomic E-state index is 11.3. The van der Waals surface area contributed by atoms with Crippen molar-refractivity contribution < 1.29 is 19.7 Å². The molecule has 2 aliphatic rings. The van der Waals surface area contributed by atoms with Crippen LogP contribution in [0.5, 0.6) is 0 Å². The Morgan fingerprint density at radius 1 is 1.50 bits per heavy atom. The van der Waals surface area contributed by atoms with Crippen molar-refractivity contribution in [2.45, 2.75) is 19.4 Å². The molecule has 0 aromatic carbocycles. The van der Waals surface area contributed by atoms with Crippen molar-refractivity contribution in [3.05, 3.63) is 0 Å². The summed E-state index contributed by atoms with van der Waals surface area (Å²) in [6, 6.07) is 0. The van der Waals surface area contributed by atoms with Gasteiger partial charge in [-0.3, -0.25) is 4.79 Å². The molecular weight excluding hydrogens is 184 g/mol. The van der Waals surface area contributed by atoms with Crippen molar-refractivity contribution in [3.63, 3.8) is 0 Å². The van der Waals surface area contributed by atoms with Gasteiger partial charge in [-0.05, 0) is 18.3 Å². The number of ether oxygens (including phenoxy) is 1. The minimum absolute atomic E-state index is 0.103. The van der Waals surface area contributed by atoms with Crippen molar-refractivity contribution >= 4 is 5.97 Å². The molecule has 1 saturated heterocycles. The molecule has 4 heteroatoms. The van der Waals surface area contributed by atoms with Crippen molar-refractivity contribution in [1.29, 1.82) is 0 Å². The first-order valence-corrected chi connectivity index (χ1v) is 5.10. The van der Waals surface area contributed by atoms with E-state index in [1.807, 2.05) is 6.92 Å². The number of cyclic esters (lactones) is 1. The average molecular weight is 200 g/mol. The lowest BCUT2D eigenvalue weighted by atomic mass is 9.80. The Labute approximate surface area is 82.9 Å². The van der Waals surface area contributed by atoms with Crippen LogP contribution in [0.2, 0.25) is 0 Å². The summed E-state index contributed by atoms with van der Waals surface area (Å²) in [6.07, 6.45) is 0.264. The summed E-state index contributed by atoms with van der Waals surface area (Å²) in [7, 11) is 0. The molecule has 0 radical (unpaired) electrons. The van der Waals surface area contributed by atoms with Gasteiger partial charge < -0.3 is 14.9 Å². The smallest absolute Gasteiger partial charge is 0.311 e. The Kier molecular flexibility index (Phi) is 2.49. The predicted octanol–water partition coefficient (Wildman–Crippen LogP) is -0.215. The Balaban J connectivity index is 2.17. The zero-order valence-corrected chi connectivity index (χ0v) is 8.22. The fourth-order valence-corrected chi connectivity index (χ4v) is 2.75. The summed E-state index contributed by atoms with van der Waals surface area (Å²) >= 11 is 0. The fraction of sp³-hybridized carbons (Fsp3) is 0.900. The van der Waals surface area contributed by atoms with E-state index in [4.69, 9.17) is 9.84 Å². The molecule has 0 bridgehead atoms. The summed E-state index contributed by atoms with van der Waals surface area (Å²) in [5.74, 6) is -0.239. The lowest BCUT2D eigenvalue weighted by Crippen LogP contribution is -2.40. The first-order chi connectivity index (χ1) is 6.65. The fourth-order valence-electron chi connectivity index (χ4n) is 2.75. The Hall–Kier alpha value is -0.610. The second-order valence-electron chi connectivity index (χ2n) is 4.41. The molecule has 0 amide bonds. The van der Waals surface area contributed by atoms with Gasteiger partial charge in [-0.25, -0.2) is 0 Å². The molecule has 14 heavy (non-hydrogen) atoms. The number of fused-ring (bicyclic) bond motifs is 1. The number of rotatable bonds is 1. The van der Waals surface area contributed by atoms with Crippen LogP contribution in [0.15, 0.2) is 0 Å². The van der Waals surface area contributed by atoms with Crippen LogP contribution in [0.1, 0.15) is 13.3 Å². The Bertz CT molecular complexity index is 240. The van der Waals surface area contributed by atoms with Crippen LogP contribution in [-0.2, 0) is 9.53 Å². The van der Waals surface area contributed by atoms with Gasteiger partial charge in [0.25, 0.3) is 0 Å². The zero-order valence-electron chi connectivity index (χ0n) is 8.22. The van der Waals surface area contributed by atoms with E-state index in [1.54, 1.807) is 0 Å². The van der Waals surface area contributed by atoms with Gasteiger partial charge in [0.2, 0.25) is 0 Å². The number of aliphatic hydroxyl groups excluding tert-OH is 2. The number of hydrogen-bond acceptors (Lipinski definition) is 4. The number of carbonyl (C=O) groups is 1. The summed E-state index contributed by atoms with van der Waals surface area (Å²) in [5.41, 5.74) is 0. The highest BCUT2D eigenvalue weighted by molar-refractivity contribution is 5.73. The van der Waals surface area contributed by atoms with E-state index in [9.17, 15) is 9.90 Å². The van der Waals surface area contributed by atoms with Crippen LogP contribution in [0.3, 0.4) is 0 Å². The minimum atomic E-state index is -0.423. The van der Waals surface area contributed by atoms with Crippen molar-refractivity contribution in [1.82, 2.24) is 0 Å². The van der Waals surface area contributed by atoms with Gasteiger partial charge in [0.05, 0.1) is 25.2 Å². The van der Waals surface area contributed by atoms with Crippen LogP contribution in [0, 0.1) is 23.7 Å². The summed E-state index contributed by atoms with van der Waals surface area (Å²) in [6.45, 7) is 2.21. The number of aliphatic hydroxyl groups is 2. The van der Waals surface area contributed by atoms with Crippen LogP contribution >= 0.6 is 0 Å². The lowest BCUT2D eigenvalue weighted by molar-refractivity contribution is -0.163. The Morgan fingerprint density at radius 2 is 2.21 bits per heavy atom. The molecule has 80 valence electrons. The number of carbonyl (C=O) groups excluding carboxylic acids is 1. The van der Waals surface area contributed by atoms with Crippen molar-refractivity contribution in [2.24, 2.45) is 23.7 Å². The Morgan fingerprint density at radius 3 is 2.86 bits per heavy atom. The van der Waals surface area contributed by atoms with Gasteiger partial charge in [-0.1, -0.05) is 6.92 Å². The quantitative estimate of drug-likeness (QED) is 0.574. The molecule has 1 saturated carbocycles. The van der Waals surface area contributed by atoms with Gasteiger partial charge in [0.1, 0.15) is 0 Å². The van der Waals surface area contributed by atoms with Gasteiger partial charge in [-0.2, -0.15) is 0 Å². The largest absolute Gasteiger partial charge is 0.465 e. The molecule has 0 aromatic rings. The van der Waals surface area contributed by atoms with E-state index >= 15 is 0 Å². The first-order valence-electron chi connectivity index (χ1n) is 5.10. The molecule has 3 unspecified atom stereocenters. The van der Waals surface area contributed by atoms with Gasteiger partial charge in [-0.15, -0.1) is 0 Å². The van der Waals surface area contributed by atoms with Crippen LogP contribution in [0.4, 0.5) is 0 Å². The van der Waals surface area contributed by atoms with E-state index < -0.39 is 5.92 Å². The third-order valence-corrected chi connectivity index (χ3v) is 3.78. The highest BCUT2D eigenvalue weighted by atomic mass is 16.5. The van der Waals surface area contributed by atoms with Gasteiger partial charge in [0, 0.05) is 5.92 Å². The third-order valence-electron chi connectivity index (χ3n) is 3.78. The monoisotopic (exact) mass is 200 g/mol. The summed E-state index contributed by atoms with van der Waals surface area (Å²) in [4.78, 5) is 11.3. The standard InChI is InChI=1S/C10H16O4/c1-5-8-4-14-10(13)7(3-11)6(8)2-9(5)12/h5-9,11-12H,2-4H2,1H3/t5?,6-,7?,8+,9?/m1/s1. The van der Waals surface area contributed by atoms with Crippen molar-refractivity contribution in [3.8, 4) is 0 Å². The molecule has 2 rings (SSSR count). The highest BCUT2D eigenvalue weighted by Gasteiger charge is 2.49. The molecule has 5 atom stereocenters. The maximum absolute atomic E-state index is 11.3. The molecular formula is C10H16O4. The normalized spacial score (nSPS) is 47.4. The molecule has 4 nitrogen and oxygen atoms in total. The molecule has 2 N–H and O–H groups in total. The summed E-state index contributed by atoms with van der Waals surface area (Å²) < 4.78 is 5.00. The van der Waals surface area contributed by atoms with E-state index in [2.05, 4.69) is 0 Å². The minimum Gasteiger partial charge on any atom is -0.465 e. The second-order valence-corrected chi connectivity index (χ2v) is 4.41. The van der Waals surface area contributed by atoms with E-state index in [-0.39, 0.29) is 36.4 Å². The van der Waals surface area contributed by atoms with E-state index in [1.165, 1.54) is 0 Å². The van der Waals surface area contributed by atoms with Crippen LogP contribution < -0.4 is 0 Å². The SMILES string of the molecule is CC1C(O)C[C@@H]2C(CO)C(=O)OC[C@@H]12. The maximum Gasteiger partial charge on any atom is 0.311 e. The summed E-state index contributed by atoms with van der Waals surface area (Å²) in [5, 5.41) is 18.8. The van der Waals surface area contributed by atoms with Crippen LogP contribution in [-0.4, -0.2) is 35.5 Å². The van der Waals surface area contributed by atoms with Crippen molar-refractivity contribution in [2.75, 3.05) is 13.2 Å².